The maximum atomic E-state index is 13.8. The molecule has 0 heterocycles. The quantitative estimate of drug-likeness (QED) is 0.856. The van der Waals surface area contributed by atoms with Gasteiger partial charge in [0.25, 0.3) is 0 Å². The zero-order valence-electron chi connectivity index (χ0n) is 12.8. The van der Waals surface area contributed by atoms with E-state index in [1.165, 1.54) is 6.07 Å². The van der Waals surface area contributed by atoms with Crippen LogP contribution in [0.25, 0.3) is 0 Å². The van der Waals surface area contributed by atoms with Gasteiger partial charge in [-0.15, -0.1) is 0 Å². The summed E-state index contributed by atoms with van der Waals surface area (Å²) in [5.74, 6) is -0.148. The zero-order chi connectivity index (χ0) is 14.7. The normalized spacial score (nSPS) is 15.6. The molecule has 1 atom stereocenters. The lowest BCUT2D eigenvalue weighted by molar-refractivity contribution is 0.0350. The minimum Gasteiger partial charge on any atom is -0.329 e. The number of hydrogen-bond acceptors (Lipinski definition) is 2. The highest BCUT2D eigenvalue weighted by Gasteiger charge is 2.36. The number of nitrogens with zero attached hydrogens (tertiary/aromatic N) is 1. The van der Waals surface area contributed by atoms with Crippen molar-refractivity contribution in [3.8, 4) is 0 Å². The summed E-state index contributed by atoms with van der Waals surface area (Å²) in [6.07, 6.45) is 1.65. The summed E-state index contributed by atoms with van der Waals surface area (Å²) in [6.45, 7) is 9.17. The first-order valence-corrected chi connectivity index (χ1v) is 6.94. The van der Waals surface area contributed by atoms with Crippen molar-refractivity contribution in [2.24, 2.45) is 5.73 Å². The summed E-state index contributed by atoms with van der Waals surface area (Å²) in [5, 5.41) is 0. The van der Waals surface area contributed by atoms with Crippen LogP contribution in [0, 0.1) is 5.82 Å². The van der Waals surface area contributed by atoms with Crippen LogP contribution in [-0.4, -0.2) is 29.6 Å². The molecule has 19 heavy (non-hydrogen) atoms. The van der Waals surface area contributed by atoms with Gasteiger partial charge in [-0.1, -0.05) is 25.1 Å². The summed E-state index contributed by atoms with van der Waals surface area (Å²) in [7, 11) is 2.08. The largest absolute Gasteiger partial charge is 0.329 e. The Morgan fingerprint density at radius 3 is 2.26 bits per heavy atom. The monoisotopic (exact) mass is 266 g/mol. The third kappa shape index (κ3) is 3.54. The Labute approximate surface area is 116 Å². The Kier molecular flexibility index (Phi) is 5.11. The summed E-state index contributed by atoms with van der Waals surface area (Å²) in [4.78, 5) is 2.28. The Morgan fingerprint density at radius 1 is 1.21 bits per heavy atom. The summed E-state index contributed by atoms with van der Waals surface area (Å²) in [5.41, 5.74) is 6.52. The van der Waals surface area contributed by atoms with Crippen LogP contribution in [0.2, 0.25) is 0 Å². The van der Waals surface area contributed by atoms with Gasteiger partial charge in [-0.2, -0.15) is 0 Å². The third-order valence-electron chi connectivity index (χ3n) is 4.55. The number of rotatable bonds is 6. The first-order valence-electron chi connectivity index (χ1n) is 6.94. The Bertz CT molecular complexity index is 417. The zero-order valence-corrected chi connectivity index (χ0v) is 12.8. The number of nitrogens with two attached hydrogens (primary N) is 1. The molecule has 0 bridgehead atoms. The topological polar surface area (TPSA) is 29.3 Å². The van der Waals surface area contributed by atoms with Crippen LogP contribution in [0.15, 0.2) is 24.3 Å². The standard InChI is InChI=1S/C16H27FN2/c1-6-15(2,3)19(5)16(4,12-18)11-13-9-7-8-10-14(13)17/h7-10H,6,11-12,18H2,1-5H3. The predicted molar refractivity (Wildman–Crippen MR) is 79.7 cm³/mol. The summed E-state index contributed by atoms with van der Waals surface area (Å²) < 4.78 is 13.8. The van der Waals surface area contributed by atoms with Gasteiger partial charge in [0.15, 0.2) is 0 Å². The second kappa shape index (κ2) is 6.02. The summed E-state index contributed by atoms with van der Waals surface area (Å²) in [6, 6.07) is 6.95. The highest BCUT2D eigenvalue weighted by atomic mass is 19.1. The van der Waals surface area contributed by atoms with E-state index < -0.39 is 0 Å². The first-order chi connectivity index (χ1) is 8.77. The molecular formula is C16H27FN2. The number of hydrogen-bond donors (Lipinski definition) is 1. The van der Waals surface area contributed by atoms with Gasteiger partial charge in [0.05, 0.1) is 0 Å². The molecule has 3 heteroatoms. The van der Waals surface area contributed by atoms with Crippen LogP contribution in [-0.2, 0) is 6.42 Å². The van der Waals surface area contributed by atoms with E-state index in [9.17, 15) is 4.39 Å². The minimum absolute atomic E-state index is 0.0410. The second-order valence-corrected chi connectivity index (χ2v) is 6.19. The maximum absolute atomic E-state index is 13.8. The number of likely N-dealkylation sites (N-methyl/N-ethyl adjacent to an activating group) is 1. The first kappa shape index (κ1) is 16.1. The fourth-order valence-corrected chi connectivity index (χ4v) is 2.35. The Hall–Kier alpha value is -0.930. The molecule has 0 fully saturated rings. The molecule has 0 aliphatic heterocycles. The van der Waals surface area contributed by atoms with Gasteiger partial charge in [-0.25, -0.2) is 4.39 Å². The molecule has 2 nitrogen and oxygen atoms in total. The molecule has 1 rings (SSSR count). The van der Waals surface area contributed by atoms with E-state index in [-0.39, 0.29) is 16.9 Å². The van der Waals surface area contributed by atoms with Crippen molar-refractivity contribution >= 4 is 0 Å². The second-order valence-electron chi connectivity index (χ2n) is 6.19. The number of benzene rings is 1. The summed E-state index contributed by atoms with van der Waals surface area (Å²) >= 11 is 0. The Balaban J connectivity index is 3.02. The molecule has 0 aliphatic rings. The molecule has 0 aliphatic carbocycles. The van der Waals surface area contributed by atoms with Crippen LogP contribution in [0.5, 0.6) is 0 Å². The predicted octanol–water partition coefficient (Wildman–Crippen LogP) is 3.21. The number of halogens is 1. The molecule has 0 spiro atoms. The van der Waals surface area contributed by atoms with E-state index in [1.54, 1.807) is 6.07 Å². The fourth-order valence-electron chi connectivity index (χ4n) is 2.35. The highest BCUT2D eigenvalue weighted by Crippen LogP contribution is 2.29. The van der Waals surface area contributed by atoms with Crippen molar-refractivity contribution < 1.29 is 4.39 Å². The molecule has 0 saturated heterocycles. The smallest absolute Gasteiger partial charge is 0.126 e. The van der Waals surface area contributed by atoms with E-state index >= 15 is 0 Å². The lowest BCUT2D eigenvalue weighted by atomic mass is 9.85. The van der Waals surface area contributed by atoms with Crippen LogP contribution < -0.4 is 5.73 Å². The Morgan fingerprint density at radius 2 is 1.79 bits per heavy atom. The van der Waals surface area contributed by atoms with Gasteiger partial charge in [0, 0.05) is 17.6 Å². The molecule has 2 N–H and O–H groups in total. The SMILES string of the molecule is CCC(C)(C)N(C)C(C)(CN)Cc1ccccc1F. The molecule has 0 amide bonds. The van der Waals surface area contributed by atoms with Gasteiger partial charge in [0.1, 0.15) is 5.82 Å². The van der Waals surface area contributed by atoms with Gasteiger partial charge in [0.2, 0.25) is 0 Å². The molecule has 1 unspecified atom stereocenters. The third-order valence-corrected chi connectivity index (χ3v) is 4.55. The minimum atomic E-state index is -0.248. The molecule has 1 aromatic rings. The van der Waals surface area contributed by atoms with E-state index in [1.807, 2.05) is 12.1 Å². The highest BCUT2D eigenvalue weighted by molar-refractivity contribution is 5.20. The van der Waals surface area contributed by atoms with Crippen molar-refractivity contribution in [1.82, 2.24) is 4.90 Å². The van der Waals surface area contributed by atoms with E-state index in [2.05, 4.69) is 39.6 Å². The van der Waals surface area contributed by atoms with Crippen LogP contribution in [0.4, 0.5) is 4.39 Å². The van der Waals surface area contributed by atoms with Crippen molar-refractivity contribution in [3.63, 3.8) is 0 Å². The molecule has 0 aromatic heterocycles. The van der Waals surface area contributed by atoms with E-state index in [0.29, 0.717) is 13.0 Å². The molecule has 0 radical (unpaired) electrons. The van der Waals surface area contributed by atoms with Gasteiger partial charge < -0.3 is 5.73 Å². The molecule has 108 valence electrons. The molecule has 1 aromatic carbocycles. The average Bonchev–Trinajstić information content (AvgIpc) is 2.40. The maximum Gasteiger partial charge on any atom is 0.126 e. The van der Waals surface area contributed by atoms with Crippen LogP contribution >= 0.6 is 0 Å². The van der Waals surface area contributed by atoms with Gasteiger partial charge in [-0.3, -0.25) is 4.90 Å². The van der Waals surface area contributed by atoms with Crippen LogP contribution in [0.1, 0.15) is 39.7 Å². The van der Waals surface area contributed by atoms with Crippen molar-refractivity contribution in [1.29, 1.82) is 0 Å². The van der Waals surface area contributed by atoms with Gasteiger partial charge >= 0.3 is 0 Å². The average molecular weight is 266 g/mol. The van der Waals surface area contributed by atoms with Crippen molar-refractivity contribution in [2.75, 3.05) is 13.6 Å². The molecular weight excluding hydrogens is 239 g/mol. The van der Waals surface area contributed by atoms with Crippen molar-refractivity contribution in [3.05, 3.63) is 35.6 Å². The van der Waals surface area contributed by atoms with E-state index in [0.717, 1.165) is 12.0 Å². The van der Waals surface area contributed by atoms with E-state index in [4.69, 9.17) is 5.73 Å². The fraction of sp³-hybridized carbons (Fsp3) is 0.625. The lowest BCUT2D eigenvalue weighted by Crippen LogP contribution is -2.59. The van der Waals surface area contributed by atoms with Crippen LogP contribution in [0.3, 0.4) is 0 Å². The lowest BCUT2D eigenvalue weighted by Gasteiger charge is -2.47. The van der Waals surface area contributed by atoms with Gasteiger partial charge in [-0.05, 0) is 52.3 Å². The molecule has 0 saturated carbocycles. The van der Waals surface area contributed by atoms with Crippen molar-refractivity contribution in [2.45, 2.75) is 51.6 Å².